The molecule has 0 saturated carbocycles. The number of nitrogens with zero attached hydrogens (tertiary/aromatic N) is 1. The van der Waals surface area contributed by atoms with E-state index in [-0.39, 0.29) is 0 Å². The Morgan fingerprint density at radius 1 is 1.10 bits per heavy atom. The normalized spacial score (nSPS) is 10.9. The van der Waals surface area contributed by atoms with Gasteiger partial charge in [0, 0.05) is 12.8 Å². The van der Waals surface area contributed by atoms with Crippen molar-refractivity contribution < 1.29 is 4.74 Å². The van der Waals surface area contributed by atoms with Crippen LogP contribution in [0.15, 0.2) is 48.5 Å². The zero-order valence-corrected chi connectivity index (χ0v) is 12.8. The van der Waals surface area contributed by atoms with Crippen molar-refractivity contribution in [3.63, 3.8) is 0 Å². The van der Waals surface area contributed by atoms with E-state index in [1.807, 2.05) is 6.07 Å². The van der Waals surface area contributed by atoms with Gasteiger partial charge in [0.2, 0.25) is 0 Å². The maximum Gasteiger partial charge on any atom is 0.113 e. The highest BCUT2D eigenvalue weighted by Gasteiger charge is 2.05. The Labute approximate surface area is 128 Å². The van der Waals surface area contributed by atoms with E-state index < -0.39 is 0 Å². The third kappa shape index (κ3) is 3.40. The molecule has 3 nitrogen and oxygen atoms in total. The molecule has 2 aromatic carbocycles. The van der Waals surface area contributed by atoms with Crippen LogP contribution < -0.4 is 5.32 Å². The number of fused-ring (bicyclic) bond motifs is 1. The lowest BCUT2D eigenvalue weighted by molar-refractivity contribution is 0.202. The van der Waals surface area contributed by atoms with Gasteiger partial charge < -0.3 is 10.1 Å². The number of nitrogens with one attached hydrogen (secondary N) is 1. The van der Waals surface area contributed by atoms with E-state index in [0.29, 0.717) is 0 Å². The van der Waals surface area contributed by atoms with Crippen LogP contribution in [0.3, 0.4) is 0 Å². The molecule has 4 heteroatoms. The Kier molecular flexibility index (Phi) is 4.48. The molecule has 3 aromatic rings. The summed E-state index contributed by atoms with van der Waals surface area (Å²) in [5, 5.41) is 4.60. The highest BCUT2D eigenvalue weighted by Crippen LogP contribution is 2.23. The molecule has 0 spiro atoms. The summed E-state index contributed by atoms with van der Waals surface area (Å²) in [4.78, 5) is 4.65. The Balaban J connectivity index is 1.72. The fourth-order valence-corrected chi connectivity index (χ4v) is 3.20. The number of para-hydroxylation sites is 2. The minimum Gasteiger partial charge on any atom is -0.384 e. The molecule has 21 heavy (non-hydrogen) atoms. The second-order valence-corrected chi connectivity index (χ2v) is 5.94. The molecule has 0 unspecified atom stereocenters. The van der Waals surface area contributed by atoms with Gasteiger partial charge in [-0.3, -0.25) is 0 Å². The predicted octanol–water partition coefficient (Wildman–Crippen LogP) is 4.10. The summed E-state index contributed by atoms with van der Waals surface area (Å²) in [5.41, 5.74) is 3.52. The standard InChI is InChI=1S/C17H18N2OS/c1-20-11-10-13-6-2-3-7-14(13)18-12-17-19-15-8-4-5-9-16(15)21-17/h2-9,18H,10-12H2,1H3. The minimum atomic E-state index is 0.736. The van der Waals surface area contributed by atoms with Crippen LogP contribution in [0.4, 0.5) is 5.69 Å². The van der Waals surface area contributed by atoms with Crippen LogP contribution in [-0.4, -0.2) is 18.7 Å². The van der Waals surface area contributed by atoms with Crippen molar-refractivity contribution in [1.82, 2.24) is 4.98 Å². The molecule has 3 rings (SSSR count). The predicted molar refractivity (Wildman–Crippen MR) is 89.0 cm³/mol. The van der Waals surface area contributed by atoms with Gasteiger partial charge in [0.25, 0.3) is 0 Å². The summed E-state index contributed by atoms with van der Waals surface area (Å²) in [7, 11) is 1.73. The molecule has 0 atom stereocenters. The highest BCUT2D eigenvalue weighted by molar-refractivity contribution is 7.18. The van der Waals surface area contributed by atoms with E-state index in [1.165, 1.54) is 10.3 Å². The number of anilines is 1. The number of hydrogen-bond acceptors (Lipinski definition) is 4. The minimum absolute atomic E-state index is 0.736. The van der Waals surface area contributed by atoms with Crippen LogP contribution >= 0.6 is 11.3 Å². The van der Waals surface area contributed by atoms with Gasteiger partial charge in [-0.15, -0.1) is 11.3 Å². The maximum absolute atomic E-state index is 5.17. The average molecular weight is 298 g/mol. The van der Waals surface area contributed by atoms with Gasteiger partial charge in [-0.2, -0.15) is 0 Å². The van der Waals surface area contributed by atoms with Gasteiger partial charge in [-0.05, 0) is 30.2 Å². The zero-order valence-electron chi connectivity index (χ0n) is 12.0. The summed E-state index contributed by atoms with van der Waals surface area (Å²) in [5.74, 6) is 0. The molecule has 108 valence electrons. The number of methoxy groups -OCH3 is 1. The molecule has 0 fully saturated rings. The van der Waals surface area contributed by atoms with Gasteiger partial charge in [0.15, 0.2) is 0 Å². The number of aromatic nitrogens is 1. The third-order valence-corrected chi connectivity index (χ3v) is 4.40. The van der Waals surface area contributed by atoms with Crippen LogP contribution in [0.1, 0.15) is 10.6 Å². The van der Waals surface area contributed by atoms with E-state index in [0.717, 1.165) is 35.8 Å². The Bertz CT molecular complexity index is 690. The Morgan fingerprint density at radius 3 is 2.76 bits per heavy atom. The summed E-state index contributed by atoms with van der Waals surface area (Å²) < 4.78 is 6.40. The maximum atomic E-state index is 5.17. The lowest BCUT2D eigenvalue weighted by Crippen LogP contribution is -2.04. The van der Waals surface area contributed by atoms with Crippen LogP contribution in [0.5, 0.6) is 0 Å². The number of benzene rings is 2. The third-order valence-electron chi connectivity index (χ3n) is 3.36. The van der Waals surface area contributed by atoms with Crippen molar-refractivity contribution in [3.8, 4) is 0 Å². The van der Waals surface area contributed by atoms with Crippen molar-refractivity contribution in [1.29, 1.82) is 0 Å². The molecular weight excluding hydrogens is 280 g/mol. The van der Waals surface area contributed by atoms with E-state index >= 15 is 0 Å². The van der Waals surface area contributed by atoms with Gasteiger partial charge in [-0.25, -0.2) is 4.98 Å². The second kappa shape index (κ2) is 6.70. The van der Waals surface area contributed by atoms with E-state index in [9.17, 15) is 0 Å². The van der Waals surface area contributed by atoms with Crippen molar-refractivity contribution in [3.05, 3.63) is 59.1 Å². The smallest absolute Gasteiger partial charge is 0.113 e. The largest absolute Gasteiger partial charge is 0.384 e. The van der Waals surface area contributed by atoms with Crippen molar-refractivity contribution in [2.45, 2.75) is 13.0 Å². The molecule has 0 saturated heterocycles. The summed E-state index contributed by atoms with van der Waals surface area (Å²) >= 11 is 1.74. The molecule has 0 aliphatic rings. The number of thiazole rings is 1. The van der Waals surface area contributed by atoms with Crippen LogP contribution in [-0.2, 0) is 17.7 Å². The van der Waals surface area contributed by atoms with Crippen molar-refractivity contribution >= 4 is 27.2 Å². The number of hydrogen-bond donors (Lipinski definition) is 1. The SMILES string of the molecule is COCCc1ccccc1NCc1nc2ccccc2s1. The van der Waals surface area contributed by atoms with Crippen LogP contribution in [0, 0.1) is 0 Å². The summed E-state index contributed by atoms with van der Waals surface area (Å²) in [6, 6.07) is 16.6. The molecule has 0 amide bonds. The van der Waals surface area contributed by atoms with Gasteiger partial charge in [-0.1, -0.05) is 30.3 Å². The van der Waals surface area contributed by atoms with Crippen molar-refractivity contribution in [2.24, 2.45) is 0 Å². The fraction of sp³-hybridized carbons (Fsp3) is 0.235. The summed E-state index contributed by atoms with van der Waals surface area (Å²) in [6.45, 7) is 1.49. The van der Waals surface area contributed by atoms with E-state index in [2.05, 4.69) is 52.8 Å². The fourth-order valence-electron chi connectivity index (χ4n) is 2.29. The average Bonchev–Trinajstić information content (AvgIpc) is 2.94. The molecule has 0 radical (unpaired) electrons. The molecule has 0 aliphatic carbocycles. The second-order valence-electron chi connectivity index (χ2n) is 4.83. The molecule has 0 bridgehead atoms. The first-order valence-electron chi connectivity index (χ1n) is 7.02. The zero-order chi connectivity index (χ0) is 14.5. The first kappa shape index (κ1) is 14.0. The lowest BCUT2D eigenvalue weighted by atomic mass is 10.1. The lowest BCUT2D eigenvalue weighted by Gasteiger charge is -2.10. The van der Waals surface area contributed by atoms with Gasteiger partial charge in [0.05, 0.1) is 23.4 Å². The van der Waals surface area contributed by atoms with Gasteiger partial charge in [0.1, 0.15) is 5.01 Å². The molecule has 1 aromatic heterocycles. The monoisotopic (exact) mass is 298 g/mol. The highest BCUT2D eigenvalue weighted by atomic mass is 32.1. The molecule has 1 N–H and O–H groups in total. The van der Waals surface area contributed by atoms with Gasteiger partial charge >= 0.3 is 0 Å². The Morgan fingerprint density at radius 2 is 1.90 bits per heavy atom. The quantitative estimate of drug-likeness (QED) is 0.744. The Hall–Kier alpha value is -1.91. The van der Waals surface area contributed by atoms with E-state index in [4.69, 9.17) is 4.74 Å². The van der Waals surface area contributed by atoms with Crippen LogP contribution in [0.2, 0.25) is 0 Å². The topological polar surface area (TPSA) is 34.1 Å². The molecular formula is C17H18N2OS. The van der Waals surface area contributed by atoms with Crippen LogP contribution in [0.25, 0.3) is 10.2 Å². The number of ether oxygens (including phenoxy) is 1. The first-order valence-corrected chi connectivity index (χ1v) is 7.83. The first-order chi connectivity index (χ1) is 10.4. The molecule has 1 heterocycles. The van der Waals surface area contributed by atoms with E-state index in [1.54, 1.807) is 18.4 Å². The number of rotatable bonds is 6. The van der Waals surface area contributed by atoms with Crippen molar-refractivity contribution in [2.75, 3.05) is 19.0 Å². The molecule has 0 aliphatic heterocycles. The summed E-state index contributed by atoms with van der Waals surface area (Å²) in [6.07, 6.45) is 0.916.